The second-order valence-electron chi connectivity index (χ2n) is 3.41. The molecule has 6 heteroatoms. The number of thiazole rings is 1. The van der Waals surface area contributed by atoms with Crippen LogP contribution in [-0.4, -0.2) is 25.2 Å². The molecular formula is C9H12N2O2S2. The summed E-state index contributed by atoms with van der Waals surface area (Å²) in [6.45, 7) is 2.04. The summed E-state index contributed by atoms with van der Waals surface area (Å²) in [5.74, 6) is 0.133. The van der Waals surface area contributed by atoms with E-state index in [1.54, 1.807) is 6.08 Å². The molecule has 0 spiro atoms. The average Bonchev–Trinajstić information content (AvgIpc) is 2.73. The van der Waals surface area contributed by atoms with Gasteiger partial charge >= 0.3 is 0 Å². The van der Waals surface area contributed by atoms with Crippen molar-refractivity contribution in [2.75, 3.05) is 11.1 Å². The second kappa shape index (κ2) is 3.94. The van der Waals surface area contributed by atoms with Crippen molar-refractivity contribution >= 4 is 26.3 Å². The first kappa shape index (κ1) is 10.6. The minimum absolute atomic E-state index is 0.133. The second-order valence-corrected chi connectivity index (χ2v) is 6.20. The van der Waals surface area contributed by atoms with Gasteiger partial charge in [0, 0.05) is 10.8 Å². The van der Waals surface area contributed by atoms with Crippen LogP contribution in [0.25, 0.3) is 0 Å². The minimum Gasteiger partial charge on any atom is -0.354 e. The summed E-state index contributed by atoms with van der Waals surface area (Å²) in [6.07, 6.45) is 2.57. The van der Waals surface area contributed by atoms with Gasteiger partial charge in [-0.25, -0.2) is 13.4 Å². The lowest BCUT2D eigenvalue weighted by Gasteiger charge is -2.07. The summed E-state index contributed by atoms with van der Waals surface area (Å²) in [5, 5.41) is 7.13. The molecule has 4 nitrogen and oxygen atoms in total. The summed E-state index contributed by atoms with van der Waals surface area (Å²) >= 11 is 1.51. The van der Waals surface area contributed by atoms with Gasteiger partial charge in [0.2, 0.25) is 0 Å². The van der Waals surface area contributed by atoms with Gasteiger partial charge in [-0.15, -0.1) is 11.3 Å². The van der Waals surface area contributed by atoms with E-state index in [1.165, 1.54) is 16.7 Å². The molecule has 1 N–H and O–H groups in total. The van der Waals surface area contributed by atoms with Crippen LogP contribution in [0.5, 0.6) is 0 Å². The summed E-state index contributed by atoms with van der Waals surface area (Å²) in [4.78, 5) is 4.32. The molecule has 2 heterocycles. The highest BCUT2D eigenvalue weighted by atomic mass is 32.2. The van der Waals surface area contributed by atoms with Gasteiger partial charge in [-0.1, -0.05) is 6.92 Å². The van der Waals surface area contributed by atoms with Crippen LogP contribution < -0.4 is 5.32 Å². The number of nitrogens with one attached hydrogen (secondary N) is 1. The van der Waals surface area contributed by atoms with Crippen LogP contribution in [0, 0.1) is 0 Å². The van der Waals surface area contributed by atoms with Crippen LogP contribution in [0.1, 0.15) is 12.6 Å². The molecule has 0 radical (unpaired) electrons. The zero-order valence-corrected chi connectivity index (χ0v) is 9.94. The Labute approximate surface area is 93.0 Å². The Hall–Kier alpha value is -0.880. The summed E-state index contributed by atoms with van der Waals surface area (Å²) < 4.78 is 22.3. The Morgan fingerprint density at radius 3 is 3.00 bits per heavy atom. The predicted octanol–water partition coefficient (Wildman–Crippen LogP) is 1.43. The van der Waals surface area contributed by atoms with E-state index in [1.807, 2.05) is 12.3 Å². The summed E-state index contributed by atoms with van der Waals surface area (Å²) in [6, 6.07) is -0.133. The molecule has 0 saturated carbocycles. The topological polar surface area (TPSA) is 59.1 Å². The molecule has 0 bridgehead atoms. The molecule has 0 aliphatic carbocycles. The number of rotatable bonds is 3. The van der Waals surface area contributed by atoms with Gasteiger partial charge in [0.25, 0.3) is 0 Å². The first-order chi connectivity index (χ1) is 7.09. The number of aryl methyl sites for hydroxylation is 1. The molecule has 1 aromatic heterocycles. The Bertz CT molecular complexity index is 476. The third kappa shape index (κ3) is 2.57. The Morgan fingerprint density at radius 1 is 1.67 bits per heavy atom. The quantitative estimate of drug-likeness (QED) is 0.873. The first-order valence-corrected chi connectivity index (χ1v) is 7.30. The van der Waals surface area contributed by atoms with Crippen LogP contribution in [0.15, 0.2) is 16.9 Å². The zero-order valence-electron chi connectivity index (χ0n) is 8.30. The summed E-state index contributed by atoms with van der Waals surface area (Å²) in [5.41, 5.74) is 1.03. The lowest BCUT2D eigenvalue weighted by molar-refractivity contribution is 0.605. The van der Waals surface area contributed by atoms with E-state index < -0.39 is 9.84 Å². The van der Waals surface area contributed by atoms with Gasteiger partial charge in [0.1, 0.15) is 0 Å². The number of hydrogen-bond donors (Lipinski definition) is 1. The largest absolute Gasteiger partial charge is 0.354 e. The average molecular weight is 244 g/mol. The smallest absolute Gasteiger partial charge is 0.183 e. The molecule has 0 aromatic carbocycles. The highest BCUT2D eigenvalue weighted by molar-refractivity contribution is 7.94. The minimum atomic E-state index is -2.98. The Balaban J connectivity index is 2.02. The van der Waals surface area contributed by atoms with Crippen LogP contribution in [0.4, 0.5) is 5.13 Å². The fourth-order valence-electron chi connectivity index (χ4n) is 1.36. The van der Waals surface area contributed by atoms with Gasteiger partial charge in [-0.05, 0) is 12.5 Å². The van der Waals surface area contributed by atoms with Crippen LogP contribution >= 0.6 is 11.3 Å². The van der Waals surface area contributed by atoms with E-state index >= 15 is 0 Å². The van der Waals surface area contributed by atoms with Crippen molar-refractivity contribution < 1.29 is 8.42 Å². The molecule has 0 amide bonds. The first-order valence-electron chi connectivity index (χ1n) is 4.71. The fraction of sp³-hybridized carbons (Fsp3) is 0.444. The third-order valence-corrected chi connectivity index (χ3v) is 4.37. The van der Waals surface area contributed by atoms with Crippen LogP contribution in [0.2, 0.25) is 0 Å². The van der Waals surface area contributed by atoms with E-state index in [0.717, 1.165) is 17.2 Å². The Kier molecular flexibility index (Phi) is 2.79. The van der Waals surface area contributed by atoms with Crippen molar-refractivity contribution in [1.82, 2.24) is 4.98 Å². The van der Waals surface area contributed by atoms with E-state index in [-0.39, 0.29) is 11.8 Å². The molecule has 2 rings (SSSR count). The molecule has 15 heavy (non-hydrogen) atoms. The van der Waals surface area contributed by atoms with Gasteiger partial charge in [-0.2, -0.15) is 0 Å². The lowest BCUT2D eigenvalue weighted by Crippen LogP contribution is -2.20. The third-order valence-electron chi connectivity index (χ3n) is 2.15. The SMILES string of the molecule is CCc1csc(NC2C=CS(=O)(=O)C2)n1. The highest BCUT2D eigenvalue weighted by Crippen LogP contribution is 2.19. The van der Waals surface area contributed by atoms with Crippen molar-refractivity contribution in [2.24, 2.45) is 0 Å². The molecule has 1 aliphatic rings. The molecule has 1 unspecified atom stereocenters. The maximum absolute atomic E-state index is 11.1. The molecule has 0 fully saturated rings. The molecule has 1 aliphatic heterocycles. The van der Waals surface area contributed by atoms with Gasteiger partial charge in [0.15, 0.2) is 15.0 Å². The molecular weight excluding hydrogens is 232 g/mol. The van der Waals surface area contributed by atoms with E-state index in [9.17, 15) is 8.42 Å². The number of sulfone groups is 1. The monoisotopic (exact) mass is 244 g/mol. The van der Waals surface area contributed by atoms with Crippen molar-refractivity contribution in [1.29, 1.82) is 0 Å². The molecule has 1 atom stereocenters. The molecule has 0 saturated heterocycles. The van der Waals surface area contributed by atoms with E-state index in [4.69, 9.17) is 0 Å². The van der Waals surface area contributed by atoms with Crippen LogP contribution in [0.3, 0.4) is 0 Å². The maximum Gasteiger partial charge on any atom is 0.183 e. The van der Waals surface area contributed by atoms with E-state index in [0.29, 0.717) is 0 Å². The maximum atomic E-state index is 11.1. The standard InChI is InChI=1S/C9H12N2O2S2/c1-2-7-5-14-9(10-7)11-8-3-4-15(12,13)6-8/h3-5,8H,2,6H2,1H3,(H,10,11). The number of aromatic nitrogens is 1. The van der Waals surface area contributed by atoms with Gasteiger partial charge in [0.05, 0.1) is 17.5 Å². The van der Waals surface area contributed by atoms with Crippen molar-refractivity contribution in [3.8, 4) is 0 Å². The highest BCUT2D eigenvalue weighted by Gasteiger charge is 2.21. The number of nitrogens with zero attached hydrogens (tertiary/aromatic N) is 1. The normalized spacial score (nSPS) is 23.1. The predicted molar refractivity (Wildman–Crippen MR) is 61.8 cm³/mol. The number of anilines is 1. The fourth-order valence-corrected chi connectivity index (χ4v) is 3.45. The summed E-state index contributed by atoms with van der Waals surface area (Å²) in [7, 11) is -2.98. The van der Waals surface area contributed by atoms with Crippen molar-refractivity contribution in [3.05, 3.63) is 22.6 Å². The number of hydrogen-bond acceptors (Lipinski definition) is 5. The van der Waals surface area contributed by atoms with Gasteiger partial charge < -0.3 is 5.32 Å². The van der Waals surface area contributed by atoms with Crippen LogP contribution in [-0.2, 0) is 16.3 Å². The Morgan fingerprint density at radius 2 is 2.47 bits per heavy atom. The lowest BCUT2D eigenvalue weighted by atomic mass is 10.3. The zero-order chi connectivity index (χ0) is 10.9. The molecule has 1 aromatic rings. The van der Waals surface area contributed by atoms with E-state index in [2.05, 4.69) is 10.3 Å². The van der Waals surface area contributed by atoms with Crippen molar-refractivity contribution in [2.45, 2.75) is 19.4 Å². The molecule has 82 valence electrons. The van der Waals surface area contributed by atoms with Gasteiger partial charge in [-0.3, -0.25) is 0 Å². The van der Waals surface area contributed by atoms with Crippen molar-refractivity contribution in [3.63, 3.8) is 0 Å².